The number of aryl methyl sites for hydroxylation is 4. The van der Waals surface area contributed by atoms with Crippen molar-refractivity contribution < 1.29 is 13.2 Å². The Bertz CT molecular complexity index is 932. The number of nitrogens with zero attached hydrogens (tertiary/aromatic N) is 1. The van der Waals surface area contributed by atoms with Gasteiger partial charge in [0, 0.05) is 0 Å². The van der Waals surface area contributed by atoms with Crippen LogP contribution in [0.5, 0.6) is 0 Å². The molecule has 1 atom stereocenters. The molecular formula is C21H28N2O3S. The molecule has 2 aromatic carbocycles. The minimum absolute atomic E-state index is 0.210. The summed E-state index contributed by atoms with van der Waals surface area (Å²) < 4.78 is 25.7. The molecule has 2 aromatic rings. The molecule has 0 aliphatic rings. The number of carbonyl (C=O) groups is 1. The molecule has 0 radical (unpaired) electrons. The molecule has 0 spiro atoms. The quantitative estimate of drug-likeness (QED) is 0.823. The van der Waals surface area contributed by atoms with E-state index in [9.17, 15) is 13.2 Å². The smallest absolute Gasteiger partial charge is 0.241 e. The molecule has 0 bridgehead atoms. The number of carbonyl (C=O) groups excluding carboxylic acids is 1. The first-order valence-corrected chi connectivity index (χ1v) is 10.7. The van der Waals surface area contributed by atoms with E-state index in [4.69, 9.17) is 0 Å². The molecule has 0 saturated heterocycles. The molecule has 0 aliphatic heterocycles. The molecule has 0 saturated carbocycles. The minimum Gasteiger partial charge on any atom is -0.348 e. The van der Waals surface area contributed by atoms with E-state index in [1.807, 2.05) is 58.9 Å². The Morgan fingerprint density at radius 1 is 1.00 bits per heavy atom. The van der Waals surface area contributed by atoms with Crippen molar-refractivity contribution in [2.24, 2.45) is 0 Å². The second kappa shape index (κ2) is 8.13. The van der Waals surface area contributed by atoms with Crippen molar-refractivity contribution in [2.75, 3.05) is 17.1 Å². The minimum atomic E-state index is -3.59. The fraction of sp³-hybridized carbons (Fsp3) is 0.381. The van der Waals surface area contributed by atoms with Crippen LogP contribution in [0.25, 0.3) is 0 Å². The topological polar surface area (TPSA) is 66.5 Å². The van der Waals surface area contributed by atoms with Gasteiger partial charge in [-0.2, -0.15) is 0 Å². The lowest BCUT2D eigenvalue weighted by atomic mass is 10.00. The van der Waals surface area contributed by atoms with E-state index in [1.165, 1.54) is 0 Å². The maximum absolute atomic E-state index is 12.6. The van der Waals surface area contributed by atoms with E-state index in [0.29, 0.717) is 5.69 Å². The second-order valence-electron chi connectivity index (χ2n) is 7.26. The lowest BCUT2D eigenvalue weighted by Crippen LogP contribution is -2.41. The van der Waals surface area contributed by atoms with Crippen molar-refractivity contribution >= 4 is 21.6 Å². The molecular weight excluding hydrogens is 360 g/mol. The predicted octanol–water partition coefficient (Wildman–Crippen LogP) is 3.56. The highest BCUT2D eigenvalue weighted by Crippen LogP contribution is 2.22. The lowest BCUT2D eigenvalue weighted by Gasteiger charge is -2.24. The van der Waals surface area contributed by atoms with Gasteiger partial charge < -0.3 is 5.32 Å². The third kappa shape index (κ3) is 5.57. The van der Waals surface area contributed by atoms with Gasteiger partial charge in [0.2, 0.25) is 15.9 Å². The average Bonchev–Trinajstić information content (AvgIpc) is 2.52. The zero-order chi connectivity index (χ0) is 20.4. The molecule has 0 heterocycles. The zero-order valence-corrected chi connectivity index (χ0v) is 17.6. The molecule has 0 fully saturated rings. The molecule has 0 unspecified atom stereocenters. The second-order valence-corrected chi connectivity index (χ2v) is 9.17. The van der Waals surface area contributed by atoms with Gasteiger partial charge in [-0.3, -0.25) is 9.10 Å². The average molecular weight is 389 g/mol. The SMILES string of the molecule is Cc1cc(C)cc(N(CC(=O)N[C@H](C)c2cc(C)ccc2C)S(C)(=O)=O)c1. The van der Waals surface area contributed by atoms with Gasteiger partial charge in [0.25, 0.3) is 0 Å². The standard InChI is InChI=1S/C21H28N2O3S/c1-14-7-8-17(4)20(12-14)18(5)22-21(24)13-23(27(6,25)26)19-10-15(2)9-16(3)11-19/h7-12,18H,13H2,1-6H3,(H,22,24)/t18-/m1/s1. The third-order valence-corrected chi connectivity index (χ3v) is 5.60. The summed E-state index contributed by atoms with van der Waals surface area (Å²) >= 11 is 0. The Hall–Kier alpha value is -2.34. The molecule has 146 valence electrons. The van der Waals surface area contributed by atoms with Gasteiger partial charge in [0.15, 0.2) is 0 Å². The van der Waals surface area contributed by atoms with Crippen LogP contribution in [0.4, 0.5) is 5.69 Å². The van der Waals surface area contributed by atoms with E-state index in [1.54, 1.807) is 12.1 Å². The first-order valence-electron chi connectivity index (χ1n) is 8.90. The Balaban J connectivity index is 2.23. The maximum Gasteiger partial charge on any atom is 0.241 e. The molecule has 27 heavy (non-hydrogen) atoms. The first-order chi connectivity index (χ1) is 12.5. The van der Waals surface area contributed by atoms with E-state index < -0.39 is 10.0 Å². The van der Waals surface area contributed by atoms with Crippen molar-refractivity contribution in [1.82, 2.24) is 5.32 Å². The molecule has 0 aromatic heterocycles. The van der Waals surface area contributed by atoms with Crippen LogP contribution >= 0.6 is 0 Å². The van der Waals surface area contributed by atoms with Crippen LogP contribution in [-0.2, 0) is 14.8 Å². The van der Waals surface area contributed by atoms with Crippen LogP contribution < -0.4 is 9.62 Å². The van der Waals surface area contributed by atoms with E-state index in [-0.39, 0.29) is 18.5 Å². The Morgan fingerprint density at radius 2 is 1.59 bits per heavy atom. The van der Waals surface area contributed by atoms with Crippen LogP contribution in [0.1, 0.15) is 40.8 Å². The summed E-state index contributed by atoms with van der Waals surface area (Å²) in [6.45, 7) is 9.45. The number of hydrogen-bond acceptors (Lipinski definition) is 3. The maximum atomic E-state index is 12.6. The number of hydrogen-bond donors (Lipinski definition) is 1. The number of benzene rings is 2. The van der Waals surface area contributed by atoms with Gasteiger partial charge in [-0.05, 0) is 69.0 Å². The largest absolute Gasteiger partial charge is 0.348 e. The van der Waals surface area contributed by atoms with Gasteiger partial charge in [-0.15, -0.1) is 0 Å². The molecule has 2 rings (SSSR count). The van der Waals surface area contributed by atoms with Gasteiger partial charge in [-0.1, -0.05) is 29.8 Å². The Kier molecular flexibility index (Phi) is 6.31. The predicted molar refractivity (Wildman–Crippen MR) is 111 cm³/mol. The van der Waals surface area contributed by atoms with Gasteiger partial charge >= 0.3 is 0 Å². The monoisotopic (exact) mass is 388 g/mol. The van der Waals surface area contributed by atoms with Crippen LogP contribution in [0.3, 0.4) is 0 Å². The van der Waals surface area contributed by atoms with Crippen LogP contribution in [-0.4, -0.2) is 27.1 Å². The number of anilines is 1. The summed E-state index contributed by atoms with van der Waals surface area (Å²) in [4.78, 5) is 12.6. The summed E-state index contributed by atoms with van der Waals surface area (Å²) in [5, 5.41) is 2.92. The van der Waals surface area contributed by atoms with Crippen molar-refractivity contribution in [3.05, 3.63) is 64.2 Å². The highest BCUT2D eigenvalue weighted by Gasteiger charge is 2.22. The van der Waals surface area contributed by atoms with Crippen LogP contribution in [0, 0.1) is 27.7 Å². The number of sulfonamides is 1. The number of rotatable bonds is 6. The number of amides is 1. The van der Waals surface area contributed by atoms with Gasteiger partial charge in [-0.25, -0.2) is 8.42 Å². The van der Waals surface area contributed by atoms with Gasteiger partial charge in [0.05, 0.1) is 18.0 Å². The fourth-order valence-corrected chi connectivity index (χ4v) is 4.06. The van der Waals surface area contributed by atoms with Crippen molar-refractivity contribution in [3.8, 4) is 0 Å². The summed E-state index contributed by atoms with van der Waals surface area (Å²) in [5.74, 6) is -0.340. The van der Waals surface area contributed by atoms with Crippen molar-refractivity contribution in [3.63, 3.8) is 0 Å². The van der Waals surface area contributed by atoms with Crippen molar-refractivity contribution in [2.45, 2.75) is 40.7 Å². The van der Waals surface area contributed by atoms with E-state index in [0.717, 1.165) is 38.4 Å². The Morgan fingerprint density at radius 3 is 2.15 bits per heavy atom. The summed E-state index contributed by atoms with van der Waals surface area (Å²) in [7, 11) is -3.59. The third-order valence-electron chi connectivity index (χ3n) is 4.46. The molecule has 0 aliphatic carbocycles. The molecule has 1 N–H and O–H groups in total. The highest BCUT2D eigenvalue weighted by atomic mass is 32.2. The van der Waals surface area contributed by atoms with E-state index >= 15 is 0 Å². The van der Waals surface area contributed by atoms with Crippen LogP contribution in [0.15, 0.2) is 36.4 Å². The zero-order valence-electron chi connectivity index (χ0n) is 16.8. The van der Waals surface area contributed by atoms with Gasteiger partial charge in [0.1, 0.15) is 6.54 Å². The lowest BCUT2D eigenvalue weighted by molar-refractivity contribution is -0.120. The van der Waals surface area contributed by atoms with Crippen LogP contribution in [0.2, 0.25) is 0 Å². The summed E-state index contributed by atoms with van der Waals surface area (Å²) in [5.41, 5.74) is 5.63. The first kappa shape index (κ1) is 21.0. The number of nitrogens with one attached hydrogen (secondary N) is 1. The highest BCUT2D eigenvalue weighted by molar-refractivity contribution is 7.92. The Labute approximate surface area is 162 Å². The normalized spacial score (nSPS) is 12.5. The molecule has 6 heteroatoms. The summed E-state index contributed by atoms with van der Waals surface area (Å²) in [6.07, 6.45) is 1.12. The van der Waals surface area contributed by atoms with Crippen molar-refractivity contribution in [1.29, 1.82) is 0 Å². The molecule has 5 nitrogen and oxygen atoms in total. The molecule has 1 amide bonds. The van der Waals surface area contributed by atoms with E-state index in [2.05, 4.69) is 5.32 Å². The fourth-order valence-electron chi connectivity index (χ4n) is 3.22. The summed E-state index contributed by atoms with van der Waals surface area (Å²) in [6, 6.07) is 11.4.